The number of amides is 1. The first-order chi connectivity index (χ1) is 11.6. The lowest BCUT2D eigenvalue weighted by Crippen LogP contribution is -2.58. The molecule has 1 aliphatic carbocycles. The second-order valence-corrected chi connectivity index (χ2v) is 7.79. The molecule has 2 fully saturated rings. The summed E-state index contributed by atoms with van der Waals surface area (Å²) in [5, 5.41) is 13.7. The molecule has 7 heteroatoms. The quantitative estimate of drug-likeness (QED) is 0.919. The van der Waals surface area contributed by atoms with Crippen LogP contribution in [0.25, 0.3) is 10.2 Å². The summed E-state index contributed by atoms with van der Waals surface area (Å²) in [5.41, 5.74) is -1.21. The molecular weight excluding hydrogens is 324 g/mol. The van der Waals surface area contributed by atoms with Crippen molar-refractivity contribution in [3.8, 4) is 0 Å². The van der Waals surface area contributed by atoms with E-state index in [1.54, 1.807) is 29.5 Å². The average Bonchev–Trinajstić information content (AvgIpc) is 3.01. The van der Waals surface area contributed by atoms with E-state index in [2.05, 4.69) is 14.9 Å². The number of carbonyl (C=O) groups is 1. The molecule has 1 amide bonds. The van der Waals surface area contributed by atoms with Crippen molar-refractivity contribution in [3.63, 3.8) is 0 Å². The number of carbonyl (C=O) groups excluding carboxylic acids is 1. The van der Waals surface area contributed by atoms with Crippen LogP contribution < -0.4 is 4.90 Å². The molecule has 3 heterocycles. The summed E-state index contributed by atoms with van der Waals surface area (Å²) in [6.45, 7) is 4.39. The zero-order chi connectivity index (χ0) is 16.7. The zero-order valence-electron chi connectivity index (χ0n) is 13.8. The van der Waals surface area contributed by atoms with E-state index in [1.165, 1.54) is 0 Å². The minimum atomic E-state index is -1.21. The van der Waals surface area contributed by atoms with Crippen molar-refractivity contribution in [1.29, 1.82) is 0 Å². The van der Waals surface area contributed by atoms with Crippen LogP contribution >= 0.6 is 11.3 Å². The Kier molecular flexibility index (Phi) is 3.92. The van der Waals surface area contributed by atoms with Crippen LogP contribution in [0.5, 0.6) is 0 Å². The van der Waals surface area contributed by atoms with Gasteiger partial charge in [0.05, 0.1) is 5.39 Å². The van der Waals surface area contributed by atoms with Gasteiger partial charge in [-0.1, -0.05) is 6.42 Å². The molecule has 1 saturated carbocycles. The van der Waals surface area contributed by atoms with Gasteiger partial charge in [0.2, 0.25) is 0 Å². The number of hydrogen-bond donors (Lipinski definition) is 1. The largest absolute Gasteiger partial charge is 0.380 e. The third-order valence-electron chi connectivity index (χ3n) is 5.44. The van der Waals surface area contributed by atoms with Crippen LogP contribution in [0, 0.1) is 5.92 Å². The van der Waals surface area contributed by atoms with Gasteiger partial charge in [0.15, 0.2) is 0 Å². The number of nitrogens with zero attached hydrogens (tertiary/aromatic N) is 4. The molecule has 4 rings (SSSR count). The Labute approximate surface area is 145 Å². The SMILES string of the molecule is CC(O)(C(=O)N1CCN(c2ncnc3sccc23)CC1)C1CCC1. The van der Waals surface area contributed by atoms with E-state index in [0.29, 0.717) is 13.1 Å². The third-order valence-corrected chi connectivity index (χ3v) is 6.26. The van der Waals surface area contributed by atoms with Gasteiger partial charge >= 0.3 is 0 Å². The summed E-state index contributed by atoms with van der Waals surface area (Å²) in [7, 11) is 0. The van der Waals surface area contributed by atoms with Crippen molar-refractivity contribution >= 4 is 33.3 Å². The smallest absolute Gasteiger partial charge is 0.254 e. The summed E-state index contributed by atoms with van der Waals surface area (Å²) >= 11 is 1.61. The average molecular weight is 346 g/mol. The minimum Gasteiger partial charge on any atom is -0.380 e. The molecule has 6 nitrogen and oxygen atoms in total. The normalized spacial score (nSPS) is 21.6. The summed E-state index contributed by atoms with van der Waals surface area (Å²) in [6.07, 6.45) is 4.63. The van der Waals surface area contributed by atoms with Gasteiger partial charge in [0, 0.05) is 26.2 Å². The van der Waals surface area contributed by atoms with Crippen molar-refractivity contribution in [2.45, 2.75) is 31.8 Å². The second kappa shape index (κ2) is 5.97. The zero-order valence-corrected chi connectivity index (χ0v) is 14.6. The molecule has 128 valence electrons. The number of rotatable bonds is 3. The van der Waals surface area contributed by atoms with Crippen LogP contribution in [-0.4, -0.2) is 57.7 Å². The van der Waals surface area contributed by atoms with Crippen LogP contribution in [-0.2, 0) is 4.79 Å². The highest BCUT2D eigenvalue weighted by Gasteiger charge is 2.44. The number of piperazine rings is 1. The maximum absolute atomic E-state index is 12.7. The van der Waals surface area contributed by atoms with Crippen molar-refractivity contribution in [1.82, 2.24) is 14.9 Å². The van der Waals surface area contributed by atoms with Crippen LogP contribution in [0.4, 0.5) is 5.82 Å². The van der Waals surface area contributed by atoms with E-state index < -0.39 is 5.60 Å². The van der Waals surface area contributed by atoms with Gasteiger partial charge in [0.1, 0.15) is 22.6 Å². The highest BCUT2D eigenvalue weighted by molar-refractivity contribution is 7.16. The second-order valence-electron chi connectivity index (χ2n) is 6.89. The minimum absolute atomic E-state index is 0.116. The Morgan fingerprint density at radius 2 is 2.04 bits per heavy atom. The van der Waals surface area contributed by atoms with E-state index in [4.69, 9.17) is 0 Å². The molecule has 1 aliphatic heterocycles. The van der Waals surface area contributed by atoms with Crippen LogP contribution in [0.1, 0.15) is 26.2 Å². The van der Waals surface area contributed by atoms with Gasteiger partial charge in [-0.25, -0.2) is 9.97 Å². The Morgan fingerprint density at radius 1 is 1.29 bits per heavy atom. The molecule has 0 aromatic carbocycles. The number of fused-ring (bicyclic) bond motifs is 1. The number of aromatic nitrogens is 2. The Morgan fingerprint density at radius 3 is 2.71 bits per heavy atom. The lowest BCUT2D eigenvalue weighted by Gasteiger charge is -2.43. The number of anilines is 1. The molecule has 2 aromatic rings. The Balaban J connectivity index is 1.45. The fourth-order valence-electron chi connectivity index (χ4n) is 3.62. The van der Waals surface area contributed by atoms with Crippen LogP contribution in [0.3, 0.4) is 0 Å². The fourth-order valence-corrected chi connectivity index (χ4v) is 4.34. The first-order valence-electron chi connectivity index (χ1n) is 8.52. The van der Waals surface area contributed by atoms with Gasteiger partial charge < -0.3 is 14.9 Å². The monoisotopic (exact) mass is 346 g/mol. The molecule has 1 N–H and O–H groups in total. The van der Waals surface area contributed by atoms with E-state index in [9.17, 15) is 9.90 Å². The first kappa shape index (κ1) is 15.8. The van der Waals surface area contributed by atoms with Crippen molar-refractivity contribution < 1.29 is 9.90 Å². The Hall–Kier alpha value is -1.73. The van der Waals surface area contributed by atoms with Crippen molar-refractivity contribution in [2.24, 2.45) is 5.92 Å². The van der Waals surface area contributed by atoms with E-state index in [0.717, 1.165) is 48.4 Å². The standard InChI is InChI=1S/C17H22N4O2S/c1-17(23,12-3-2-4-12)16(22)21-8-6-20(7-9-21)14-13-5-10-24-15(13)19-11-18-14/h5,10-12,23H,2-4,6-9H2,1H3. The van der Waals surface area contributed by atoms with Gasteiger partial charge in [-0.2, -0.15) is 0 Å². The first-order valence-corrected chi connectivity index (χ1v) is 9.40. The van der Waals surface area contributed by atoms with Gasteiger partial charge in [-0.05, 0) is 37.1 Å². The maximum Gasteiger partial charge on any atom is 0.254 e. The lowest BCUT2D eigenvalue weighted by molar-refractivity contribution is -0.159. The highest BCUT2D eigenvalue weighted by Crippen LogP contribution is 2.37. The fraction of sp³-hybridized carbons (Fsp3) is 0.588. The third kappa shape index (κ3) is 2.56. The lowest BCUT2D eigenvalue weighted by atomic mass is 9.73. The highest BCUT2D eigenvalue weighted by atomic mass is 32.1. The van der Waals surface area contributed by atoms with E-state index in [-0.39, 0.29) is 11.8 Å². The van der Waals surface area contributed by atoms with E-state index >= 15 is 0 Å². The number of hydrogen-bond acceptors (Lipinski definition) is 6. The molecule has 0 radical (unpaired) electrons. The maximum atomic E-state index is 12.7. The number of thiophene rings is 1. The Bertz CT molecular complexity index is 748. The van der Waals surface area contributed by atoms with Crippen molar-refractivity contribution in [2.75, 3.05) is 31.1 Å². The summed E-state index contributed by atoms with van der Waals surface area (Å²) < 4.78 is 0. The predicted molar refractivity (Wildman–Crippen MR) is 94.2 cm³/mol. The summed E-state index contributed by atoms with van der Waals surface area (Å²) in [4.78, 5) is 26.4. The van der Waals surface area contributed by atoms with Gasteiger partial charge in [0.25, 0.3) is 5.91 Å². The molecule has 0 spiro atoms. The predicted octanol–water partition coefficient (Wildman–Crippen LogP) is 1.89. The molecule has 1 unspecified atom stereocenters. The van der Waals surface area contributed by atoms with E-state index in [1.807, 2.05) is 11.4 Å². The van der Waals surface area contributed by atoms with Crippen LogP contribution in [0.2, 0.25) is 0 Å². The summed E-state index contributed by atoms with van der Waals surface area (Å²) in [5.74, 6) is 0.949. The molecule has 0 bridgehead atoms. The van der Waals surface area contributed by atoms with Gasteiger partial charge in [-0.15, -0.1) is 11.3 Å². The molecule has 1 saturated heterocycles. The van der Waals surface area contributed by atoms with Crippen LogP contribution in [0.15, 0.2) is 17.8 Å². The number of aliphatic hydroxyl groups is 1. The molecular formula is C17H22N4O2S. The molecule has 24 heavy (non-hydrogen) atoms. The molecule has 2 aliphatic rings. The molecule has 1 atom stereocenters. The molecule has 2 aromatic heterocycles. The van der Waals surface area contributed by atoms with Gasteiger partial charge in [-0.3, -0.25) is 4.79 Å². The topological polar surface area (TPSA) is 69.6 Å². The van der Waals surface area contributed by atoms with Crippen molar-refractivity contribution in [3.05, 3.63) is 17.8 Å². The summed E-state index contributed by atoms with van der Waals surface area (Å²) in [6, 6.07) is 2.05.